The Morgan fingerprint density at radius 1 is 0.786 bits per heavy atom. The van der Waals surface area contributed by atoms with Crippen LogP contribution < -0.4 is 10.9 Å². The number of carbonyl (C=O) groups excluding carboxylic acids is 2. The highest BCUT2D eigenvalue weighted by atomic mass is 16.3. The molecule has 0 aliphatic carbocycles. The molecule has 2 heterocycles. The summed E-state index contributed by atoms with van der Waals surface area (Å²) < 4.78 is 5.62. The molecule has 2 amide bonds. The fourth-order valence-corrected chi connectivity index (χ4v) is 2.95. The van der Waals surface area contributed by atoms with E-state index in [-0.39, 0.29) is 5.76 Å². The molecular formula is C22H17N3O3. The van der Waals surface area contributed by atoms with Crippen LogP contribution in [-0.4, -0.2) is 16.8 Å². The third kappa shape index (κ3) is 3.43. The molecule has 0 unspecified atom stereocenters. The maximum absolute atomic E-state index is 12.7. The minimum atomic E-state index is -0.537. The summed E-state index contributed by atoms with van der Waals surface area (Å²) in [4.78, 5) is 27.6. The average molecular weight is 371 g/mol. The predicted octanol–water partition coefficient (Wildman–Crippen LogP) is 4.02. The van der Waals surface area contributed by atoms with Crippen molar-refractivity contribution in [2.45, 2.75) is 0 Å². The van der Waals surface area contributed by atoms with E-state index in [0.29, 0.717) is 11.1 Å². The van der Waals surface area contributed by atoms with Crippen LogP contribution >= 0.6 is 0 Å². The van der Waals surface area contributed by atoms with Gasteiger partial charge in [-0.3, -0.25) is 20.4 Å². The minimum absolute atomic E-state index is 0.124. The van der Waals surface area contributed by atoms with Crippen LogP contribution in [0.15, 0.2) is 89.8 Å². The lowest BCUT2D eigenvalue weighted by Crippen LogP contribution is -2.41. The molecule has 3 N–H and O–H groups in total. The van der Waals surface area contributed by atoms with Crippen LogP contribution in [0.25, 0.3) is 22.3 Å². The van der Waals surface area contributed by atoms with Gasteiger partial charge in [0.05, 0.1) is 11.8 Å². The summed E-state index contributed by atoms with van der Waals surface area (Å²) in [6.45, 7) is 0. The van der Waals surface area contributed by atoms with E-state index in [1.165, 1.54) is 6.20 Å². The van der Waals surface area contributed by atoms with Crippen LogP contribution in [0.2, 0.25) is 0 Å². The van der Waals surface area contributed by atoms with E-state index in [0.717, 1.165) is 16.7 Å². The number of benzene rings is 2. The molecule has 0 radical (unpaired) electrons. The van der Waals surface area contributed by atoms with Gasteiger partial charge < -0.3 is 9.40 Å². The molecular weight excluding hydrogens is 354 g/mol. The van der Waals surface area contributed by atoms with E-state index in [4.69, 9.17) is 4.42 Å². The normalized spacial score (nSPS) is 10.4. The first-order valence-electron chi connectivity index (χ1n) is 8.70. The van der Waals surface area contributed by atoms with Crippen molar-refractivity contribution in [3.63, 3.8) is 0 Å². The zero-order valence-corrected chi connectivity index (χ0v) is 14.8. The Morgan fingerprint density at radius 2 is 1.43 bits per heavy atom. The van der Waals surface area contributed by atoms with Crippen molar-refractivity contribution < 1.29 is 14.0 Å². The molecule has 2 aromatic heterocycles. The topological polar surface area (TPSA) is 87.1 Å². The molecule has 0 saturated carbocycles. The van der Waals surface area contributed by atoms with Gasteiger partial charge in [-0.2, -0.15) is 0 Å². The number of aromatic nitrogens is 1. The fraction of sp³-hybridized carbons (Fsp3) is 0. The molecule has 6 heteroatoms. The second kappa shape index (κ2) is 7.67. The molecule has 0 fully saturated rings. The first kappa shape index (κ1) is 17.4. The largest absolute Gasteiger partial charge is 0.458 e. The van der Waals surface area contributed by atoms with Crippen molar-refractivity contribution in [3.05, 3.63) is 96.7 Å². The number of carbonyl (C=O) groups is 2. The lowest BCUT2D eigenvalue weighted by atomic mass is 9.96. The number of nitrogens with one attached hydrogen (secondary N) is 3. The van der Waals surface area contributed by atoms with Gasteiger partial charge in [0.1, 0.15) is 0 Å². The summed E-state index contributed by atoms with van der Waals surface area (Å²) >= 11 is 0. The number of aromatic amines is 1. The first-order valence-corrected chi connectivity index (χ1v) is 8.70. The third-order valence-electron chi connectivity index (χ3n) is 4.29. The Kier molecular flexibility index (Phi) is 4.76. The van der Waals surface area contributed by atoms with E-state index in [2.05, 4.69) is 15.8 Å². The monoisotopic (exact) mass is 371 g/mol. The first-order chi connectivity index (χ1) is 13.7. The Labute approximate surface area is 161 Å². The van der Waals surface area contributed by atoms with Crippen LogP contribution in [-0.2, 0) is 0 Å². The van der Waals surface area contributed by atoms with Gasteiger partial charge in [0.2, 0.25) is 5.76 Å². The average Bonchev–Trinajstić information content (AvgIpc) is 3.43. The zero-order chi connectivity index (χ0) is 19.3. The lowest BCUT2D eigenvalue weighted by Gasteiger charge is -2.08. The number of hydrogen-bond donors (Lipinski definition) is 3. The second-order valence-electron chi connectivity index (χ2n) is 6.09. The van der Waals surface area contributed by atoms with Gasteiger partial charge >= 0.3 is 5.91 Å². The number of amides is 2. The summed E-state index contributed by atoms with van der Waals surface area (Å²) in [5.41, 5.74) is 8.46. The van der Waals surface area contributed by atoms with E-state index < -0.39 is 11.8 Å². The van der Waals surface area contributed by atoms with Crippen LogP contribution in [0.5, 0.6) is 0 Å². The van der Waals surface area contributed by atoms with E-state index in [9.17, 15) is 9.59 Å². The smallest absolute Gasteiger partial charge is 0.306 e. The van der Waals surface area contributed by atoms with Crippen LogP contribution in [0.4, 0.5) is 0 Å². The Bertz CT molecular complexity index is 1080. The van der Waals surface area contributed by atoms with Crippen molar-refractivity contribution >= 4 is 11.8 Å². The SMILES string of the molecule is O=C(NNC(=O)c1occ(-c2ccccc2)c1-c1ccccc1)c1cc[nH]c1. The summed E-state index contributed by atoms with van der Waals surface area (Å²) in [6.07, 6.45) is 4.72. The van der Waals surface area contributed by atoms with Crippen molar-refractivity contribution in [3.8, 4) is 22.3 Å². The molecule has 138 valence electrons. The highest BCUT2D eigenvalue weighted by Gasteiger charge is 2.23. The molecule has 0 atom stereocenters. The Hall–Kier alpha value is -4.06. The molecule has 28 heavy (non-hydrogen) atoms. The Balaban J connectivity index is 1.66. The predicted molar refractivity (Wildman–Crippen MR) is 105 cm³/mol. The number of hydrazine groups is 1. The molecule has 6 nitrogen and oxygen atoms in total. The molecule has 2 aromatic carbocycles. The summed E-state index contributed by atoms with van der Waals surface area (Å²) in [5.74, 6) is -0.838. The molecule has 0 aliphatic heterocycles. The maximum atomic E-state index is 12.7. The zero-order valence-electron chi connectivity index (χ0n) is 14.8. The van der Waals surface area contributed by atoms with Gasteiger partial charge in [0, 0.05) is 23.5 Å². The molecule has 0 bridgehead atoms. The minimum Gasteiger partial charge on any atom is -0.458 e. The summed E-state index contributed by atoms with van der Waals surface area (Å²) in [7, 11) is 0. The van der Waals surface area contributed by atoms with Crippen LogP contribution in [0, 0.1) is 0 Å². The lowest BCUT2D eigenvalue weighted by molar-refractivity contribution is 0.0831. The van der Waals surface area contributed by atoms with Crippen LogP contribution in [0.1, 0.15) is 20.9 Å². The van der Waals surface area contributed by atoms with Crippen molar-refractivity contribution in [2.75, 3.05) is 0 Å². The van der Waals surface area contributed by atoms with E-state index >= 15 is 0 Å². The molecule has 0 aliphatic rings. The van der Waals surface area contributed by atoms with Crippen molar-refractivity contribution in [1.82, 2.24) is 15.8 Å². The molecule has 4 rings (SSSR count). The van der Waals surface area contributed by atoms with E-state index in [1.807, 2.05) is 60.7 Å². The van der Waals surface area contributed by atoms with Gasteiger partial charge in [-0.15, -0.1) is 0 Å². The van der Waals surface area contributed by atoms with Crippen LogP contribution in [0.3, 0.4) is 0 Å². The molecule has 0 spiro atoms. The highest BCUT2D eigenvalue weighted by molar-refractivity contribution is 6.04. The number of hydrogen-bond acceptors (Lipinski definition) is 3. The molecule has 4 aromatic rings. The van der Waals surface area contributed by atoms with Gasteiger partial charge in [-0.05, 0) is 17.2 Å². The van der Waals surface area contributed by atoms with Crippen molar-refractivity contribution in [1.29, 1.82) is 0 Å². The van der Waals surface area contributed by atoms with Crippen molar-refractivity contribution in [2.24, 2.45) is 0 Å². The van der Waals surface area contributed by atoms with Gasteiger partial charge in [-0.25, -0.2) is 0 Å². The quantitative estimate of drug-likeness (QED) is 0.474. The van der Waals surface area contributed by atoms with Gasteiger partial charge in [0.25, 0.3) is 5.91 Å². The fourth-order valence-electron chi connectivity index (χ4n) is 2.95. The maximum Gasteiger partial charge on any atom is 0.306 e. The standard InChI is InChI=1S/C22H17N3O3/c26-21(17-11-12-23-13-17)24-25-22(27)20-19(16-9-5-2-6-10-16)18(14-28-20)15-7-3-1-4-8-15/h1-14,23H,(H,24,26)(H,25,27). The highest BCUT2D eigenvalue weighted by Crippen LogP contribution is 2.36. The third-order valence-corrected chi connectivity index (χ3v) is 4.29. The summed E-state index contributed by atoms with van der Waals surface area (Å²) in [6, 6.07) is 20.8. The number of rotatable bonds is 4. The number of H-pyrrole nitrogens is 1. The Morgan fingerprint density at radius 3 is 2.07 bits per heavy atom. The second-order valence-corrected chi connectivity index (χ2v) is 6.09. The van der Waals surface area contributed by atoms with Gasteiger partial charge in [0.15, 0.2) is 0 Å². The van der Waals surface area contributed by atoms with Gasteiger partial charge in [-0.1, -0.05) is 60.7 Å². The number of furan rings is 1. The summed E-state index contributed by atoms with van der Waals surface area (Å²) in [5, 5.41) is 0. The van der Waals surface area contributed by atoms with E-state index in [1.54, 1.807) is 18.5 Å². The molecule has 0 saturated heterocycles.